The molecule has 1 saturated heterocycles. The average molecular weight is 221 g/mol. The van der Waals surface area contributed by atoms with Crippen LogP contribution in [-0.2, 0) is 9.59 Å². The van der Waals surface area contributed by atoms with Crippen molar-refractivity contribution in [3.05, 3.63) is 11.6 Å². The Balaban J connectivity index is 2.04. The molecule has 0 N–H and O–H groups in total. The zero-order valence-electron chi connectivity index (χ0n) is 10.0. The third-order valence-electron chi connectivity index (χ3n) is 3.68. The predicted molar refractivity (Wildman–Crippen MR) is 61.9 cm³/mol. The van der Waals surface area contributed by atoms with Crippen LogP contribution in [0.4, 0.5) is 0 Å². The van der Waals surface area contributed by atoms with E-state index < -0.39 is 0 Å². The van der Waals surface area contributed by atoms with Gasteiger partial charge in [-0.25, -0.2) is 0 Å². The van der Waals surface area contributed by atoms with Crippen LogP contribution in [0.2, 0.25) is 0 Å². The molecular weight excluding hydrogens is 202 g/mol. The minimum atomic E-state index is -0.0292. The monoisotopic (exact) mass is 221 g/mol. The van der Waals surface area contributed by atoms with Gasteiger partial charge in [0.25, 0.3) is 5.91 Å². The third-order valence-corrected chi connectivity index (χ3v) is 3.68. The molecule has 0 aromatic rings. The van der Waals surface area contributed by atoms with E-state index in [1.165, 1.54) is 32.3 Å². The van der Waals surface area contributed by atoms with Crippen LogP contribution in [0.25, 0.3) is 0 Å². The number of rotatable bonds is 2. The van der Waals surface area contributed by atoms with Gasteiger partial charge in [0.15, 0.2) is 5.78 Å². The molecule has 1 saturated carbocycles. The van der Waals surface area contributed by atoms with Crippen molar-refractivity contribution in [2.75, 3.05) is 0 Å². The fourth-order valence-corrected chi connectivity index (χ4v) is 2.83. The van der Waals surface area contributed by atoms with Gasteiger partial charge in [0, 0.05) is 11.6 Å². The van der Waals surface area contributed by atoms with Gasteiger partial charge in [-0.1, -0.05) is 19.3 Å². The Morgan fingerprint density at radius 2 is 1.94 bits per heavy atom. The number of ketones is 1. The second-order valence-electron chi connectivity index (χ2n) is 4.89. The summed E-state index contributed by atoms with van der Waals surface area (Å²) < 4.78 is 0. The molecule has 1 unspecified atom stereocenters. The van der Waals surface area contributed by atoms with Crippen molar-refractivity contribution < 1.29 is 9.59 Å². The maximum Gasteiger partial charge on any atom is 0.252 e. The quantitative estimate of drug-likeness (QED) is 0.528. The summed E-state index contributed by atoms with van der Waals surface area (Å²) in [6.07, 6.45) is 7.50. The lowest BCUT2D eigenvalue weighted by molar-refractivity contribution is -0.140. The first-order chi connectivity index (χ1) is 7.61. The Hall–Kier alpha value is -1.12. The number of hydrogen-bond donors (Lipinski definition) is 0. The number of carbonyl (C=O) groups excluding carboxylic acids is 2. The number of nitrogens with zero attached hydrogens (tertiary/aromatic N) is 1. The van der Waals surface area contributed by atoms with Crippen molar-refractivity contribution in [3.63, 3.8) is 0 Å². The molecule has 1 heterocycles. The van der Waals surface area contributed by atoms with Gasteiger partial charge >= 0.3 is 0 Å². The van der Waals surface area contributed by atoms with Crippen LogP contribution in [0.3, 0.4) is 0 Å². The van der Waals surface area contributed by atoms with E-state index in [2.05, 4.69) is 0 Å². The molecule has 88 valence electrons. The number of amides is 1. The number of β-lactam (4-membered cyclic amide) rings is 1. The molecule has 0 aromatic carbocycles. The average Bonchev–Trinajstić information content (AvgIpc) is 2.28. The summed E-state index contributed by atoms with van der Waals surface area (Å²) in [7, 11) is 0. The standard InChI is InChI=1S/C13H19NO2/c1-9(15)8-12-10(2)14(13(12)16)11-6-4-3-5-7-11/h8,10-11H,3-7H2,1-2H3/b12-8-. The number of likely N-dealkylation sites (tertiary alicyclic amines) is 1. The van der Waals surface area contributed by atoms with Crippen LogP contribution < -0.4 is 0 Å². The normalized spacial score (nSPS) is 29.4. The predicted octanol–water partition coefficient (Wildman–Crippen LogP) is 2.07. The van der Waals surface area contributed by atoms with Gasteiger partial charge in [-0.15, -0.1) is 0 Å². The van der Waals surface area contributed by atoms with Gasteiger partial charge in [-0.2, -0.15) is 0 Å². The highest BCUT2D eigenvalue weighted by atomic mass is 16.2. The van der Waals surface area contributed by atoms with Crippen molar-refractivity contribution in [3.8, 4) is 0 Å². The Morgan fingerprint density at radius 1 is 1.31 bits per heavy atom. The smallest absolute Gasteiger partial charge is 0.252 e. The first kappa shape index (κ1) is 11.4. The zero-order chi connectivity index (χ0) is 11.7. The van der Waals surface area contributed by atoms with Crippen LogP contribution in [-0.4, -0.2) is 28.7 Å². The zero-order valence-corrected chi connectivity index (χ0v) is 10.0. The Bertz CT molecular complexity index is 340. The SMILES string of the molecule is CC(=O)/C=C1\C(=O)N(C2CCCCC2)C1C. The van der Waals surface area contributed by atoms with Crippen molar-refractivity contribution in [2.45, 2.75) is 58.0 Å². The molecule has 2 rings (SSSR count). The maximum atomic E-state index is 11.9. The Morgan fingerprint density at radius 3 is 2.44 bits per heavy atom. The molecule has 2 fully saturated rings. The maximum absolute atomic E-state index is 11.9. The minimum Gasteiger partial charge on any atom is -0.329 e. The van der Waals surface area contributed by atoms with Gasteiger partial charge in [0.1, 0.15) is 0 Å². The minimum absolute atomic E-state index is 0.0292. The third kappa shape index (κ3) is 1.91. The van der Waals surface area contributed by atoms with Crippen LogP contribution >= 0.6 is 0 Å². The van der Waals surface area contributed by atoms with Crippen LogP contribution in [0.1, 0.15) is 46.0 Å². The summed E-state index contributed by atoms with van der Waals surface area (Å²) in [6.45, 7) is 3.51. The van der Waals surface area contributed by atoms with E-state index in [0.29, 0.717) is 11.6 Å². The molecule has 1 aliphatic heterocycles. The van der Waals surface area contributed by atoms with E-state index in [0.717, 1.165) is 12.8 Å². The Labute approximate surface area is 96.5 Å². The van der Waals surface area contributed by atoms with E-state index in [1.54, 1.807) is 0 Å². The molecule has 0 bridgehead atoms. The highest BCUT2D eigenvalue weighted by molar-refractivity contribution is 6.07. The summed E-state index contributed by atoms with van der Waals surface area (Å²) in [6, 6.07) is 0.555. The van der Waals surface area contributed by atoms with Crippen molar-refractivity contribution in [1.82, 2.24) is 4.90 Å². The molecular formula is C13H19NO2. The highest BCUT2D eigenvalue weighted by Crippen LogP contribution is 2.34. The van der Waals surface area contributed by atoms with Gasteiger partial charge in [-0.3, -0.25) is 9.59 Å². The Kier molecular flexibility index (Phi) is 3.13. The largest absolute Gasteiger partial charge is 0.329 e. The summed E-state index contributed by atoms with van der Waals surface area (Å²) in [5, 5.41) is 0. The summed E-state index contributed by atoms with van der Waals surface area (Å²) in [5.41, 5.74) is 0.693. The van der Waals surface area contributed by atoms with E-state index >= 15 is 0 Å². The number of hydrogen-bond acceptors (Lipinski definition) is 2. The fourth-order valence-electron chi connectivity index (χ4n) is 2.83. The fraction of sp³-hybridized carbons (Fsp3) is 0.692. The van der Waals surface area contributed by atoms with Gasteiger partial charge < -0.3 is 4.90 Å². The molecule has 0 radical (unpaired) electrons. The van der Waals surface area contributed by atoms with Gasteiger partial charge in [0.2, 0.25) is 0 Å². The lowest BCUT2D eigenvalue weighted by Gasteiger charge is -2.47. The van der Waals surface area contributed by atoms with E-state index in [1.807, 2.05) is 11.8 Å². The van der Waals surface area contributed by atoms with Crippen LogP contribution in [0.15, 0.2) is 11.6 Å². The van der Waals surface area contributed by atoms with Crippen molar-refractivity contribution in [2.24, 2.45) is 0 Å². The first-order valence-electron chi connectivity index (χ1n) is 6.16. The molecule has 3 heteroatoms. The van der Waals surface area contributed by atoms with Crippen LogP contribution in [0, 0.1) is 0 Å². The molecule has 1 amide bonds. The molecule has 0 spiro atoms. The summed E-state index contributed by atoms with van der Waals surface area (Å²) in [5.74, 6) is 0.0492. The van der Waals surface area contributed by atoms with Crippen molar-refractivity contribution in [1.29, 1.82) is 0 Å². The molecule has 3 nitrogen and oxygen atoms in total. The van der Waals surface area contributed by atoms with E-state index in [4.69, 9.17) is 0 Å². The first-order valence-corrected chi connectivity index (χ1v) is 6.16. The number of allylic oxidation sites excluding steroid dienone is 1. The van der Waals surface area contributed by atoms with Crippen molar-refractivity contribution >= 4 is 11.7 Å². The summed E-state index contributed by atoms with van der Waals surface area (Å²) in [4.78, 5) is 24.9. The van der Waals surface area contributed by atoms with E-state index in [9.17, 15) is 9.59 Å². The topological polar surface area (TPSA) is 37.4 Å². The molecule has 2 aliphatic rings. The highest BCUT2D eigenvalue weighted by Gasteiger charge is 2.42. The lowest BCUT2D eigenvalue weighted by Crippen LogP contribution is -2.58. The second-order valence-corrected chi connectivity index (χ2v) is 4.89. The molecule has 0 aromatic heterocycles. The molecule has 1 atom stereocenters. The second kappa shape index (κ2) is 4.40. The van der Waals surface area contributed by atoms with Crippen LogP contribution in [0.5, 0.6) is 0 Å². The number of carbonyl (C=O) groups is 2. The van der Waals surface area contributed by atoms with Gasteiger partial charge in [0.05, 0.1) is 6.04 Å². The lowest BCUT2D eigenvalue weighted by atomic mass is 9.86. The summed E-state index contributed by atoms with van der Waals surface area (Å²) >= 11 is 0. The molecule has 1 aliphatic carbocycles. The molecule has 16 heavy (non-hydrogen) atoms. The van der Waals surface area contributed by atoms with Gasteiger partial charge in [-0.05, 0) is 32.8 Å². The van der Waals surface area contributed by atoms with E-state index in [-0.39, 0.29) is 17.7 Å².